The van der Waals surface area contributed by atoms with E-state index in [1.165, 1.54) is 0 Å². The van der Waals surface area contributed by atoms with Gasteiger partial charge in [0, 0.05) is 18.2 Å². The first kappa shape index (κ1) is 24.2. The first-order valence-electron chi connectivity index (χ1n) is 12.0. The number of carbonyl (C=O) groups is 1. The van der Waals surface area contributed by atoms with Crippen molar-refractivity contribution in [1.82, 2.24) is 10.1 Å². The molecular weight excluding hydrogens is 472 g/mol. The van der Waals surface area contributed by atoms with E-state index in [2.05, 4.69) is 5.16 Å². The molecule has 1 unspecified atom stereocenters. The Morgan fingerprint density at radius 1 is 0.919 bits per heavy atom. The van der Waals surface area contributed by atoms with E-state index in [9.17, 15) is 4.79 Å². The standard InChI is InChI=1S/C29H28N2O6/c1-33-21-9-11-22(12-10-21)36-18-25-23-16-28(35-3)27(34-2)15-20(23)13-14-31(25)29(32)24-17-26(37-30-24)19-7-5-4-6-8-19/h4-12,15-17,25H,13-14,18H2,1-3H3. The van der Waals surface area contributed by atoms with Gasteiger partial charge in [-0.1, -0.05) is 35.5 Å². The molecule has 0 N–H and O–H groups in total. The maximum Gasteiger partial charge on any atom is 0.276 e. The lowest BCUT2D eigenvalue weighted by atomic mass is 9.91. The molecule has 37 heavy (non-hydrogen) atoms. The molecule has 1 atom stereocenters. The van der Waals surface area contributed by atoms with Gasteiger partial charge in [0.15, 0.2) is 23.0 Å². The Balaban J connectivity index is 1.46. The second-order valence-corrected chi connectivity index (χ2v) is 8.60. The van der Waals surface area contributed by atoms with Gasteiger partial charge in [-0.25, -0.2) is 0 Å². The van der Waals surface area contributed by atoms with Crippen LogP contribution in [0.5, 0.6) is 23.0 Å². The molecule has 8 nitrogen and oxygen atoms in total. The molecule has 1 aliphatic rings. The third-order valence-electron chi connectivity index (χ3n) is 6.52. The van der Waals surface area contributed by atoms with Gasteiger partial charge in [0.2, 0.25) is 0 Å². The number of aromatic nitrogens is 1. The Bertz CT molecular complexity index is 1370. The van der Waals surface area contributed by atoms with Crippen LogP contribution in [0.3, 0.4) is 0 Å². The number of nitrogens with zero attached hydrogens (tertiary/aromatic N) is 2. The molecule has 0 bridgehead atoms. The van der Waals surface area contributed by atoms with Gasteiger partial charge in [0.1, 0.15) is 18.1 Å². The number of hydrogen-bond donors (Lipinski definition) is 0. The third-order valence-corrected chi connectivity index (χ3v) is 6.52. The van der Waals surface area contributed by atoms with Crippen LogP contribution in [0.2, 0.25) is 0 Å². The fourth-order valence-electron chi connectivity index (χ4n) is 4.56. The van der Waals surface area contributed by atoms with Crippen molar-refractivity contribution >= 4 is 5.91 Å². The molecule has 1 aromatic heterocycles. The molecule has 0 fully saturated rings. The molecule has 3 aromatic carbocycles. The summed E-state index contributed by atoms with van der Waals surface area (Å²) in [5.74, 6) is 2.98. The second-order valence-electron chi connectivity index (χ2n) is 8.60. The van der Waals surface area contributed by atoms with Crippen LogP contribution in [0.4, 0.5) is 0 Å². The van der Waals surface area contributed by atoms with Crippen LogP contribution >= 0.6 is 0 Å². The Kier molecular flexibility index (Phi) is 6.98. The fraction of sp³-hybridized carbons (Fsp3) is 0.241. The lowest BCUT2D eigenvalue weighted by molar-refractivity contribution is 0.0579. The number of methoxy groups -OCH3 is 3. The van der Waals surface area contributed by atoms with Crippen molar-refractivity contribution in [3.8, 4) is 34.3 Å². The molecule has 190 valence electrons. The molecule has 0 saturated heterocycles. The number of rotatable bonds is 8. The lowest BCUT2D eigenvalue weighted by Gasteiger charge is -2.37. The summed E-state index contributed by atoms with van der Waals surface area (Å²) in [4.78, 5) is 15.5. The van der Waals surface area contributed by atoms with Gasteiger partial charge in [0.05, 0.1) is 27.4 Å². The molecule has 0 saturated carbocycles. The zero-order valence-corrected chi connectivity index (χ0v) is 21.0. The number of benzene rings is 3. The van der Waals surface area contributed by atoms with Crippen molar-refractivity contribution < 1.29 is 28.3 Å². The van der Waals surface area contributed by atoms with Gasteiger partial charge in [-0.15, -0.1) is 0 Å². The molecule has 2 heterocycles. The van der Waals surface area contributed by atoms with E-state index in [0.29, 0.717) is 36.0 Å². The van der Waals surface area contributed by atoms with Crippen LogP contribution in [-0.4, -0.2) is 50.4 Å². The van der Waals surface area contributed by atoms with Crippen LogP contribution in [0.15, 0.2) is 77.3 Å². The predicted molar refractivity (Wildman–Crippen MR) is 137 cm³/mol. The monoisotopic (exact) mass is 500 g/mol. The number of amides is 1. The number of fused-ring (bicyclic) bond motifs is 1. The Morgan fingerprint density at radius 2 is 1.62 bits per heavy atom. The van der Waals surface area contributed by atoms with Gasteiger partial charge >= 0.3 is 0 Å². The van der Waals surface area contributed by atoms with Gasteiger partial charge in [-0.3, -0.25) is 4.79 Å². The molecule has 4 aromatic rings. The Morgan fingerprint density at radius 3 is 2.32 bits per heavy atom. The second kappa shape index (κ2) is 10.7. The van der Waals surface area contributed by atoms with Crippen LogP contribution in [0.25, 0.3) is 11.3 Å². The average molecular weight is 501 g/mol. The topological polar surface area (TPSA) is 83.3 Å². The molecule has 0 radical (unpaired) electrons. The van der Waals surface area contributed by atoms with Crippen molar-refractivity contribution in [2.45, 2.75) is 12.5 Å². The van der Waals surface area contributed by atoms with E-state index in [1.54, 1.807) is 32.3 Å². The SMILES string of the molecule is COc1ccc(OCC2c3cc(OC)c(OC)cc3CCN2C(=O)c2cc(-c3ccccc3)on2)cc1. The van der Waals surface area contributed by atoms with Gasteiger partial charge in [0.25, 0.3) is 5.91 Å². The van der Waals surface area contributed by atoms with Crippen LogP contribution < -0.4 is 18.9 Å². The molecule has 1 amide bonds. The quantitative estimate of drug-likeness (QED) is 0.329. The van der Waals surface area contributed by atoms with Crippen LogP contribution in [-0.2, 0) is 6.42 Å². The summed E-state index contributed by atoms with van der Waals surface area (Å²) >= 11 is 0. The van der Waals surface area contributed by atoms with E-state index in [4.69, 9.17) is 23.5 Å². The minimum absolute atomic E-state index is 0.227. The summed E-state index contributed by atoms with van der Waals surface area (Å²) in [6, 6.07) is 22.1. The largest absolute Gasteiger partial charge is 0.497 e. The molecule has 1 aliphatic heterocycles. The van der Waals surface area contributed by atoms with Crippen molar-refractivity contribution in [1.29, 1.82) is 0 Å². The molecule has 0 aliphatic carbocycles. The number of hydrogen-bond acceptors (Lipinski definition) is 7. The summed E-state index contributed by atoms with van der Waals surface area (Å²) in [7, 11) is 4.83. The summed E-state index contributed by atoms with van der Waals surface area (Å²) in [5.41, 5.74) is 3.12. The van der Waals surface area contributed by atoms with Crippen molar-refractivity contribution in [3.63, 3.8) is 0 Å². The highest BCUT2D eigenvalue weighted by molar-refractivity contribution is 5.93. The minimum atomic E-state index is -0.380. The summed E-state index contributed by atoms with van der Waals surface area (Å²) < 4.78 is 28.0. The van der Waals surface area contributed by atoms with E-state index < -0.39 is 0 Å². The van der Waals surface area contributed by atoms with Crippen molar-refractivity contribution in [3.05, 3.63) is 89.6 Å². The number of ether oxygens (including phenoxy) is 4. The van der Waals surface area contributed by atoms with E-state index in [0.717, 1.165) is 22.4 Å². The van der Waals surface area contributed by atoms with Crippen molar-refractivity contribution in [2.24, 2.45) is 0 Å². The number of carbonyl (C=O) groups excluding carboxylic acids is 1. The fourth-order valence-corrected chi connectivity index (χ4v) is 4.56. The summed E-state index contributed by atoms with van der Waals surface area (Å²) in [6.07, 6.45) is 0.657. The minimum Gasteiger partial charge on any atom is -0.497 e. The maximum absolute atomic E-state index is 13.7. The maximum atomic E-state index is 13.7. The van der Waals surface area contributed by atoms with Gasteiger partial charge < -0.3 is 28.4 Å². The zero-order valence-electron chi connectivity index (χ0n) is 21.0. The van der Waals surface area contributed by atoms with Crippen molar-refractivity contribution in [2.75, 3.05) is 34.5 Å². The summed E-state index contributed by atoms with van der Waals surface area (Å²) in [6.45, 7) is 0.732. The first-order chi connectivity index (χ1) is 18.1. The van der Waals surface area contributed by atoms with Gasteiger partial charge in [-0.2, -0.15) is 0 Å². The predicted octanol–water partition coefficient (Wildman–Crippen LogP) is 5.19. The van der Waals surface area contributed by atoms with E-state index >= 15 is 0 Å². The van der Waals surface area contributed by atoms with E-state index in [-0.39, 0.29) is 24.2 Å². The van der Waals surface area contributed by atoms with Crippen LogP contribution in [0, 0.1) is 0 Å². The smallest absolute Gasteiger partial charge is 0.276 e. The van der Waals surface area contributed by atoms with Crippen LogP contribution in [0.1, 0.15) is 27.7 Å². The molecule has 8 heteroatoms. The highest BCUT2D eigenvalue weighted by Crippen LogP contribution is 2.39. The summed E-state index contributed by atoms with van der Waals surface area (Å²) in [5, 5.41) is 4.09. The Labute approximate surface area is 215 Å². The Hall–Kier alpha value is -4.46. The highest BCUT2D eigenvalue weighted by atomic mass is 16.5. The van der Waals surface area contributed by atoms with E-state index in [1.807, 2.05) is 66.7 Å². The van der Waals surface area contributed by atoms with Gasteiger partial charge in [-0.05, 0) is 53.9 Å². The first-order valence-corrected chi connectivity index (χ1v) is 12.0. The normalized spacial score (nSPS) is 14.6. The highest BCUT2D eigenvalue weighted by Gasteiger charge is 2.34. The lowest BCUT2D eigenvalue weighted by Crippen LogP contribution is -2.42. The molecule has 0 spiro atoms. The molecular formula is C29H28N2O6. The third kappa shape index (κ3) is 4.95. The average Bonchev–Trinajstić information content (AvgIpc) is 3.46. The molecule has 5 rings (SSSR count). The zero-order chi connectivity index (χ0) is 25.8.